The van der Waals surface area contributed by atoms with Gasteiger partial charge in [-0.2, -0.15) is 0 Å². The normalized spacial score (nSPS) is 11.1. The van der Waals surface area contributed by atoms with Crippen LogP contribution in [0.15, 0.2) is 30.3 Å². The SMILES string of the molecule is CCCCCCCCOCCOCCOCCOCCOCCOCCNC(=O)OCc1ccccc1. The van der Waals surface area contributed by atoms with Gasteiger partial charge in [-0.15, -0.1) is 0 Å². The predicted molar refractivity (Wildman–Crippen MR) is 143 cm³/mol. The van der Waals surface area contributed by atoms with Crippen molar-refractivity contribution in [1.82, 2.24) is 5.32 Å². The zero-order chi connectivity index (χ0) is 26.5. The Bertz CT molecular complexity index is 605. The summed E-state index contributed by atoms with van der Waals surface area (Å²) in [4.78, 5) is 11.6. The molecule has 0 atom stereocenters. The summed E-state index contributed by atoms with van der Waals surface area (Å²) in [6.45, 7) is 9.42. The van der Waals surface area contributed by atoms with Crippen molar-refractivity contribution in [3.8, 4) is 0 Å². The van der Waals surface area contributed by atoms with Gasteiger partial charge in [0.1, 0.15) is 6.61 Å². The first-order valence-corrected chi connectivity index (χ1v) is 13.7. The second kappa shape index (κ2) is 27.3. The topological polar surface area (TPSA) is 93.7 Å². The minimum absolute atomic E-state index is 0.249. The van der Waals surface area contributed by atoms with Gasteiger partial charge >= 0.3 is 6.09 Å². The number of carbonyl (C=O) groups excluding carboxylic acids is 1. The third-order valence-electron chi connectivity index (χ3n) is 5.23. The lowest BCUT2D eigenvalue weighted by Crippen LogP contribution is -2.28. The lowest BCUT2D eigenvalue weighted by Gasteiger charge is -2.09. The fraction of sp³-hybridized carbons (Fsp3) is 0.750. The molecule has 0 aliphatic heterocycles. The quantitative estimate of drug-likeness (QED) is 0.169. The number of unbranched alkanes of at least 4 members (excludes halogenated alkanes) is 5. The Labute approximate surface area is 223 Å². The summed E-state index contributed by atoms with van der Waals surface area (Å²) >= 11 is 0. The van der Waals surface area contributed by atoms with Crippen LogP contribution in [0.4, 0.5) is 4.79 Å². The molecule has 0 fully saturated rings. The van der Waals surface area contributed by atoms with Gasteiger partial charge in [-0.3, -0.25) is 0 Å². The zero-order valence-corrected chi connectivity index (χ0v) is 22.8. The van der Waals surface area contributed by atoms with E-state index < -0.39 is 6.09 Å². The van der Waals surface area contributed by atoms with Crippen LogP contribution in [0, 0.1) is 0 Å². The first kappa shape index (κ1) is 33.3. The number of carbonyl (C=O) groups is 1. The first-order chi connectivity index (χ1) is 18.3. The van der Waals surface area contributed by atoms with Gasteiger partial charge in [-0.1, -0.05) is 69.4 Å². The van der Waals surface area contributed by atoms with Crippen LogP contribution in [0.5, 0.6) is 0 Å². The van der Waals surface area contributed by atoms with E-state index in [9.17, 15) is 4.79 Å². The Balaban J connectivity index is 1.67. The molecule has 0 bridgehead atoms. The van der Waals surface area contributed by atoms with Gasteiger partial charge in [-0.05, 0) is 12.0 Å². The molecule has 0 aliphatic rings. The van der Waals surface area contributed by atoms with Crippen molar-refractivity contribution in [2.75, 3.05) is 85.8 Å². The van der Waals surface area contributed by atoms with Crippen molar-refractivity contribution in [3.63, 3.8) is 0 Å². The summed E-state index contributed by atoms with van der Waals surface area (Å²) < 4.78 is 38.0. The average molecular weight is 528 g/mol. The molecule has 214 valence electrons. The highest BCUT2D eigenvalue weighted by molar-refractivity contribution is 5.67. The van der Waals surface area contributed by atoms with E-state index >= 15 is 0 Å². The molecule has 0 saturated carbocycles. The lowest BCUT2D eigenvalue weighted by atomic mass is 10.1. The van der Waals surface area contributed by atoms with Crippen LogP contribution in [0.2, 0.25) is 0 Å². The van der Waals surface area contributed by atoms with E-state index in [1.807, 2.05) is 30.3 Å². The third-order valence-corrected chi connectivity index (χ3v) is 5.23. The maximum Gasteiger partial charge on any atom is 0.407 e. The lowest BCUT2D eigenvalue weighted by molar-refractivity contribution is -0.0167. The van der Waals surface area contributed by atoms with Crippen LogP contribution in [-0.2, 0) is 39.8 Å². The van der Waals surface area contributed by atoms with E-state index in [2.05, 4.69) is 12.2 Å². The largest absolute Gasteiger partial charge is 0.445 e. The Kier molecular flexibility index (Phi) is 24.5. The van der Waals surface area contributed by atoms with E-state index in [0.717, 1.165) is 18.6 Å². The van der Waals surface area contributed by atoms with Crippen LogP contribution < -0.4 is 5.32 Å². The highest BCUT2D eigenvalue weighted by Gasteiger charge is 2.01. The highest BCUT2D eigenvalue weighted by Crippen LogP contribution is 2.04. The van der Waals surface area contributed by atoms with Crippen molar-refractivity contribution in [2.24, 2.45) is 0 Å². The van der Waals surface area contributed by atoms with Gasteiger partial charge in [0.15, 0.2) is 0 Å². The fourth-order valence-electron chi connectivity index (χ4n) is 3.19. The van der Waals surface area contributed by atoms with E-state index in [1.165, 1.54) is 32.1 Å². The van der Waals surface area contributed by atoms with Crippen molar-refractivity contribution in [3.05, 3.63) is 35.9 Å². The minimum atomic E-state index is -0.457. The van der Waals surface area contributed by atoms with Crippen LogP contribution in [0.1, 0.15) is 51.0 Å². The summed E-state index contributed by atoms with van der Waals surface area (Å²) in [5.41, 5.74) is 0.947. The molecule has 0 radical (unpaired) electrons. The Morgan fingerprint density at radius 3 is 1.59 bits per heavy atom. The molecule has 9 heteroatoms. The molecule has 0 saturated heterocycles. The first-order valence-electron chi connectivity index (χ1n) is 13.7. The molecular formula is C28H49NO8. The van der Waals surface area contributed by atoms with Gasteiger partial charge in [0.2, 0.25) is 0 Å². The van der Waals surface area contributed by atoms with Gasteiger partial charge in [0.05, 0.1) is 72.7 Å². The monoisotopic (exact) mass is 527 g/mol. The van der Waals surface area contributed by atoms with Crippen molar-refractivity contribution < 1.29 is 38.0 Å². The molecule has 1 aromatic carbocycles. The van der Waals surface area contributed by atoms with Crippen molar-refractivity contribution in [1.29, 1.82) is 0 Å². The molecule has 37 heavy (non-hydrogen) atoms. The van der Waals surface area contributed by atoms with Crippen LogP contribution in [-0.4, -0.2) is 91.9 Å². The predicted octanol–water partition coefficient (Wildman–Crippen LogP) is 4.37. The number of ether oxygens (including phenoxy) is 7. The van der Waals surface area contributed by atoms with E-state index in [4.69, 9.17) is 33.2 Å². The van der Waals surface area contributed by atoms with Crippen LogP contribution in [0.25, 0.3) is 0 Å². The summed E-state index contributed by atoms with van der Waals surface area (Å²) in [6.07, 6.45) is 7.21. The Morgan fingerprint density at radius 1 is 0.595 bits per heavy atom. The van der Waals surface area contributed by atoms with Crippen LogP contribution in [0.3, 0.4) is 0 Å². The molecule has 1 N–H and O–H groups in total. The average Bonchev–Trinajstić information content (AvgIpc) is 2.92. The fourth-order valence-corrected chi connectivity index (χ4v) is 3.19. The number of nitrogens with one attached hydrogen (secondary N) is 1. The molecule has 0 aliphatic carbocycles. The molecule has 1 aromatic rings. The maximum atomic E-state index is 11.6. The number of alkyl carbamates (subject to hydrolysis) is 1. The molecule has 0 heterocycles. The second-order valence-electron chi connectivity index (χ2n) is 8.43. The molecular weight excluding hydrogens is 478 g/mol. The molecule has 1 rings (SSSR count). The minimum Gasteiger partial charge on any atom is -0.445 e. The van der Waals surface area contributed by atoms with Gasteiger partial charge in [0.25, 0.3) is 0 Å². The Hall–Kier alpha value is -1.75. The van der Waals surface area contributed by atoms with Crippen LogP contribution >= 0.6 is 0 Å². The van der Waals surface area contributed by atoms with Gasteiger partial charge in [0, 0.05) is 13.2 Å². The second-order valence-corrected chi connectivity index (χ2v) is 8.43. The number of rotatable bonds is 27. The van der Waals surface area contributed by atoms with Gasteiger partial charge in [-0.25, -0.2) is 4.79 Å². The molecule has 0 spiro atoms. The van der Waals surface area contributed by atoms with E-state index in [0.29, 0.717) is 79.2 Å². The van der Waals surface area contributed by atoms with Crippen molar-refractivity contribution >= 4 is 6.09 Å². The number of hydrogen-bond acceptors (Lipinski definition) is 8. The molecule has 0 unspecified atom stereocenters. The zero-order valence-electron chi connectivity index (χ0n) is 22.8. The summed E-state index contributed by atoms with van der Waals surface area (Å²) in [6, 6.07) is 9.54. The summed E-state index contributed by atoms with van der Waals surface area (Å²) in [7, 11) is 0. The number of benzene rings is 1. The number of hydrogen-bond donors (Lipinski definition) is 1. The number of amides is 1. The standard InChI is InChI=1S/C28H49NO8/c1-2-3-4-5-6-10-14-31-16-18-33-20-22-35-24-25-36-23-21-34-19-17-32-15-13-29-28(30)37-26-27-11-8-7-9-12-27/h7-9,11-12H,2-6,10,13-26H2,1H3,(H,29,30). The van der Waals surface area contributed by atoms with Crippen molar-refractivity contribution in [2.45, 2.75) is 52.1 Å². The van der Waals surface area contributed by atoms with E-state index in [-0.39, 0.29) is 6.61 Å². The summed E-state index contributed by atoms with van der Waals surface area (Å²) in [5, 5.41) is 2.65. The smallest absolute Gasteiger partial charge is 0.407 e. The Morgan fingerprint density at radius 2 is 1.05 bits per heavy atom. The van der Waals surface area contributed by atoms with Gasteiger partial charge < -0.3 is 38.5 Å². The molecule has 9 nitrogen and oxygen atoms in total. The molecule has 1 amide bonds. The maximum absolute atomic E-state index is 11.6. The summed E-state index contributed by atoms with van der Waals surface area (Å²) in [5.74, 6) is 0. The molecule has 0 aromatic heterocycles. The third kappa shape index (κ3) is 24.3. The highest BCUT2D eigenvalue weighted by atomic mass is 16.6. The van der Waals surface area contributed by atoms with E-state index in [1.54, 1.807) is 0 Å².